The van der Waals surface area contributed by atoms with Crippen molar-refractivity contribution < 1.29 is 14.0 Å². The Labute approximate surface area is 115 Å². The number of amidine groups is 1. The number of aromatic nitrogens is 1. The molecule has 0 atom stereocenters. The minimum Gasteiger partial charge on any atom is -0.439 e. The van der Waals surface area contributed by atoms with Crippen LogP contribution >= 0.6 is 0 Å². The fourth-order valence-corrected chi connectivity index (χ4v) is 1.40. The first-order valence-electron chi connectivity index (χ1n) is 6.04. The number of nitrogens with two attached hydrogens (primary N) is 1. The van der Waals surface area contributed by atoms with Crippen LogP contribution < -0.4 is 10.5 Å². The van der Waals surface area contributed by atoms with Crippen LogP contribution in [0.2, 0.25) is 0 Å². The smallest absolute Gasteiger partial charge is 0.219 e. The second-order valence-electron chi connectivity index (χ2n) is 3.84. The van der Waals surface area contributed by atoms with Crippen LogP contribution in [0.1, 0.15) is 12.5 Å². The summed E-state index contributed by atoms with van der Waals surface area (Å²) in [5.74, 6) is 0.806. The first kappa shape index (κ1) is 13.8. The molecule has 0 saturated heterocycles. The zero-order chi connectivity index (χ0) is 14.4. The van der Waals surface area contributed by atoms with Crippen molar-refractivity contribution in [1.29, 1.82) is 0 Å². The van der Waals surface area contributed by atoms with Crippen molar-refractivity contribution in [2.45, 2.75) is 6.92 Å². The van der Waals surface area contributed by atoms with E-state index in [2.05, 4.69) is 10.1 Å². The molecule has 104 valence electrons. The molecule has 0 aliphatic rings. The number of hydrogen-bond acceptors (Lipinski definition) is 4. The molecule has 0 fully saturated rings. The van der Waals surface area contributed by atoms with Crippen LogP contribution in [0.4, 0.5) is 4.39 Å². The Morgan fingerprint density at radius 1 is 1.25 bits per heavy atom. The summed E-state index contributed by atoms with van der Waals surface area (Å²) in [6.45, 7) is 2.26. The number of nitrogens with zero attached hydrogens (tertiary/aromatic N) is 2. The van der Waals surface area contributed by atoms with Crippen molar-refractivity contribution in [3.63, 3.8) is 0 Å². The Morgan fingerprint density at radius 2 is 2.00 bits per heavy atom. The Hall–Kier alpha value is -2.63. The minimum atomic E-state index is -0.319. The van der Waals surface area contributed by atoms with Crippen LogP contribution in [-0.2, 0) is 4.84 Å². The van der Waals surface area contributed by atoms with Crippen molar-refractivity contribution in [2.75, 3.05) is 6.61 Å². The molecule has 0 amide bonds. The SMILES string of the molecule is CCO/N=C(\N)c1ccc(Oc2ccc(F)cc2)nc1. The van der Waals surface area contributed by atoms with E-state index in [1.807, 2.05) is 6.92 Å². The first-order chi connectivity index (χ1) is 9.69. The van der Waals surface area contributed by atoms with Crippen molar-refractivity contribution in [1.82, 2.24) is 4.98 Å². The average Bonchev–Trinajstić information content (AvgIpc) is 2.48. The van der Waals surface area contributed by atoms with Crippen molar-refractivity contribution in [3.8, 4) is 11.6 Å². The maximum atomic E-state index is 12.8. The van der Waals surface area contributed by atoms with Gasteiger partial charge in [-0.25, -0.2) is 9.37 Å². The number of rotatable bonds is 5. The average molecular weight is 275 g/mol. The predicted molar refractivity (Wildman–Crippen MR) is 73.1 cm³/mol. The second kappa shape index (κ2) is 6.51. The molecule has 0 aliphatic carbocycles. The maximum absolute atomic E-state index is 12.8. The molecule has 0 radical (unpaired) electrons. The Morgan fingerprint density at radius 3 is 2.60 bits per heavy atom. The molecule has 0 saturated carbocycles. The zero-order valence-corrected chi connectivity index (χ0v) is 10.9. The van der Waals surface area contributed by atoms with Gasteiger partial charge in [-0.3, -0.25) is 0 Å². The lowest BCUT2D eigenvalue weighted by atomic mass is 10.3. The van der Waals surface area contributed by atoms with Gasteiger partial charge >= 0.3 is 0 Å². The van der Waals surface area contributed by atoms with Gasteiger partial charge in [0.25, 0.3) is 0 Å². The Kier molecular flexibility index (Phi) is 4.49. The van der Waals surface area contributed by atoms with Crippen LogP contribution in [0, 0.1) is 5.82 Å². The van der Waals surface area contributed by atoms with Crippen LogP contribution in [-0.4, -0.2) is 17.4 Å². The summed E-state index contributed by atoms with van der Waals surface area (Å²) in [6.07, 6.45) is 1.52. The van der Waals surface area contributed by atoms with E-state index in [1.165, 1.54) is 30.5 Å². The van der Waals surface area contributed by atoms with Gasteiger partial charge in [-0.1, -0.05) is 5.16 Å². The maximum Gasteiger partial charge on any atom is 0.219 e. The van der Waals surface area contributed by atoms with Crippen LogP contribution in [0.5, 0.6) is 11.6 Å². The molecule has 0 bridgehead atoms. The monoisotopic (exact) mass is 275 g/mol. The van der Waals surface area contributed by atoms with Gasteiger partial charge in [0.2, 0.25) is 5.88 Å². The molecule has 2 aromatic rings. The summed E-state index contributed by atoms with van der Waals surface area (Å²) in [5, 5.41) is 3.71. The van der Waals surface area contributed by atoms with Gasteiger partial charge in [-0.2, -0.15) is 0 Å². The van der Waals surface area contributed by atoms with E-state index < -0.39 is 0 Å². The van der Waals surface area contributed by atoms with Crippen LogP contribution in [0.25, 0.3) is 0 Å². The normalized spacial score (nSPS) is 11.2. The quantitative estimate of drug-likeness (QED) is 0.517. The predicted octanol–water partition coefficient (Wildman–Crippen LogP) is 2.67. The van der Waals surface area contributed by atoms with Gasteiger partial charge in [0.1, 0.15) is 18.2 Å². The lowest BCUT2D eigenvalue weighted by Crippen LogP contribution is -2.14. The molecule has 2 N–H and O–H groups in total. The summed E-state index contributed by atoms with van der Waals surface area (Å²) in [6, 6.07) is 9.04. The molecule has 20 heavy (non-hydrogen) atoms. The van der Waals surface area contributed by atoms with Crippen LogP contribution in [0.3, 0.4) is 0 Å². The molecule has 1 aromatic carbocycles. The number of pyridine rings is 1. The third-order valence-corrected chi connectivity index (χ3v) is 2.36. The van der Waals surface area contributed by atoms with E-state index in [9.17, 15) is 4.39 Å². The standard InChI is InChI=1S/C14H14FN3O2/c1-2-19-18-14(16)10-3-8-13(17-9-10)20-12-6-4-11(15)5-7-12/h3-9H,2H2,1H3,(H2,16,18). The highest BCUT2D eigenvalue weighted by Crippen LogP contribution is 2.19. The molecule has 5 nitrogen and oxygen atoms in total. The molecule has 1 heterocycles. The number of oxime groups is 1. The van der Waals surface area contributed by atoms with Crippen molar-refractivity contribution >= 4 is 5.84 Å². The van der Waals surface area contributed by atoms with E-state index >= 15 is 0 Å². The molecular formula is C14H14FN3O2. The second-order valence-corrected chi connectivity index (χ2v) is 3.84. The fraction of sp³-hybridized carbons (Fsp3) is 0.143. The summed E-state index contributed by atoms with van der Waals surface area (Å²) in [7, 11) is 0. The Balaban J connectivity index is 2.06. The number of benzene rings is 1. The van der Waals surface area contributed by atoms with E-state index in [1.54, 1.807) is 12.1 Å². The number of hydrogen-bond donors (Lipinski definition) is 1. The van der Waals surface area contributed by atoms with E-state index in [0.29, 0.717) is 23.8 Å². The summed E-state index contributed by atoms with van der Waals surface area (Å²) < 4.78 is 18.2. The van der Waals surface area contributed by atoms with Crippen molar-refractivity contribution in [2.24, 2.45) is 10.9 Å². The van der Waals surface area contributed by atoms with Gasteiger partial charge in [0, 0.05) is 17.8 Å². The van der Waals surface area contributed by atoms with E-state index in [0.717, 1.165) is 0 Å². The summed E-state index contributed by atoms with van der Waals surface area (Å²) in [4.78, 5) is 8.95. The molecule has 2 rings (SSSR count). The van der Waals surface area contributed by atoms with E-state index in [-0.39, 0.29) is 11.7 Å². The topological polar surface area (TPSA) is 69.7 Å². The molecule has 1 aromatic heterocycles. The fourth-order valence-electron chi connectivity index (χ4n) is 1.40. The lowest BCUT2D eigenvalue weighted by molar-refractivity contribution is 0.158. The molecule has 0 unspecified atom stereocenters. The van der Waals surface area contributed by atoms with Crippen molar-refractivity contribution in [3.05, 3.63) is 54.0 Å². The summed E-state index contributed by atoms with van der Waals surface area (Å²) >= 11 is 0. The van der Waals surface area contributed by atoms with Gasteiger partial charge in [0.15, 0.2) is 5.84 Å². The number of ether oxygens (including phenoxy) is 1. The van der Waals surface area contributed by atoms with Crippen LogP contribution in [0.15, 0.2) is 47.8 Å². The third-order valence-electron chi connectivity index (χ3n) is 2.36. The Bertz CT molecular complexity index is 582. The molecule has 0 aliphatic heterocycles. The summed E-state index contributed by atoms with van der Waals surface area (Å²) in [5.41, 5.74) is 6.33. The molecule has 0 spiro atoms. The van der Waals surface area contributed by atoms with Gasteiger partial charge in [-0.05, 0) is 37.3 Å². The third kappa shape index (κ3) is 3.68. The molecular weight excluding hydrogens is 261 g/mol. The first-order valence-corrected chi connectivity index (χ1v) is 6.04. The largest absolute Gasteiger partial charge is 0.439 e. The van der Waals surface area contributed by atoms with Gasteiger partial charge in [-0.15, -0.1) is 0 Å². The highest BCUT2D eigenvalue weighted by molar-refractivity contribution is 5.96. The van der Waals surface area contributed by atoms with Gasteiger partial charge in [0.05, 0.1) is 0 Å². The van der Waals surface area contributed by atoms with E-state index in [4.69, 9.17) is 15.3 Å². The minimum absolute atomic E-state index is 0.243. The van der Waals surface area contributed by atoms with Gasteiger partial charge < -0.3 is 15.3 Å². The zero-order valence-electron chi connectivity index (χ0n) is 10.9. The lowest BCUT2D eigenvalue weighted by Gasteiger charge is -2.05. The highest BCUT2D eigenvalue weighted by Gasteiger charge is 2.03. The number of halogens is 1. The molecule has 6 heteroatoms. The highest BCUT2D eigenvalue weighted by atomic mass is 19.1.